The summed E-state index contributed by atoms with van der Waals surface area (Å²) >= 11 is 0. The Bertz CT molecular complexity index is 944. The molecule has 0 saturated heterocycles. The van der Waals surface area contributed by atoms with Gasteiger partial charge in [0, 0.05) is 17.6 Å². The molecule has 4 nitrogen and oxygen atoms in total. The van der Waals surface area contributed by atoms with E-state index in [0.717, 1.165) is 6.07 Å². The van der Waals surface area contributed by atoms with Crippen LogP contribution in [0.5, 0.6) is 0 Å². The summed E-state index contributed by atoms with van der Waals surface area (Å²) in [5.74, 6) is -2.21. The summed E-state index contributed by atoms with van der Waals surface area (Å²) in [5.41, 5.74) is -0.0701. The van der Waals surface area contributed by atoms with Gasteiger partial charge in [0.25, 0.3) is 10.0 Å². The zero-order chi connectivity index (χ0) is 15.7. The average Bonchev–Trinajstić information content (AvgIpc) is 2.53. The van der Waals surface area contributed by atoms with Gasteiger partial charge in [-0.15, -0.1) is 0 Å². The van der Waals surface area contributed by atoms with E-state index in [4.69, 9.17) is 0 Å². The molecule has 0 radical (unpaired) electrons. The molecule has 0 saturated carbocycles. The van der Waals surface area contributed by atoms with Gasteiger partial charge in [0.1, 0.15) is 0 Å². The lowest BCUT2D eigenvalue weighted by Crippen LogP contribution is -2.13. The number of hydrogen-bond acceptors (Lipinski definition) is 3. The Hall–Kier alpha value is -2.54. The molecular formula is C15H10F2N2O2S. The number of fused-ring (bicyclic) bond motifs is 1. The van der Waals surface area contributed by atoms with Crippen LogP contribution >= 0.6 is 0 Å². The lowest BCUT2D eigenvalue weighted by molar-refractivity contribution is 0.517. The lowest BCUT2D eigenvalue weighted by Gasteiger charge is -2.11. The van der Waals surface area contributed by atoms with Gasteiger partial charge in [-0.2, -0.15) is 0 Å². The molecule has 0 atom stereocenters. The fourth-order valence-corrected chi connectivity index (χ4v) is 3.14. The fraction of sp³-hybridized carbons (Fsp3) is 0. The number of sulfonamides is 1. The van der Waals surface area contributed by atoms with Gasteiger partial charge in [-0.3, -0.25) is 9.71 Å². The Morgan fingerprint density at radius 2 is 1.73 bits per heavy atom. The molecule has 3 aromatic rings. The molecule has 0 spiro atoms. The van der Waals surface area contributed by atoms with Gasteiger partial charge in [-0.1, -0.05) is 18.2 Å². The van der Waals surface area contributed by atoms with E-state index in [-0.39, 0.29) is 21.5 Å². The van der Waals surface area contributed by atoms with Crippen molar-refractivity contribution in [3.63, 3.8) is 0 Å². The van der Waals surface area contributed by atoms with Crippen LogP contribution in [0.15, 0.2) is 59.6 Å². The van der Waals surface area contributed by atoms with Gasteiger partial charge in [0.15, 0.2) is 11.6 Å². The second-order valence-electron chi connectivity index (χ2n) is 4.54. The van der Waals surface area contributed by atoms with E-state index in [2.05, 4.69) is 9.71 Å². The first-order valence-electron chi connectivity index (χ1n) is 6.29. The molecule has 0 aliphatic rings. The number of rotatable bonds is 3. The third-order valence-corrected chi connectivity index (χ3v) is 4.46. The molecule has 7 heteroatoms. The molecule has 0 unspecified atom stereocenters. The number of nitrogens with zero attached hydrogens (tertiary/aromatic N) is 1. The Balaban J connectivity index is 2.14. The van der Waals surface area contributed by atoms with Crippen LogP contribution in [0.2, 0.25) is 0 Å². The molecule has 0 bridgehead atoms. The standard InChI is InChI=1S/C15H10F2N2O2S/c16-12-9-13(15-11(14(12)17)7-4-8-18-15)19-22(20,21)10-5-2-1-3-6-10/h1-9,19H. The van der Waals surface area contributed by atoms with E-state index in [0.29, 0.717) is 0 Å². The van der Waals surface area contributed by atoms with E-state index in [1.54, 1.807) is 18.2 Å². The molecule has 112 valence electrons. The van der Waals surface area contributed by atoms with Crippen LogP contribution in [0.3, 0.4) is 0 Å². The third kappa shape index (κ3) is 2.50. The van der Waals surface area contributed by atoms with Crippen molar-refractivity contribution in [3.8, 4) is 0 Å². The second kappa shape index (κ2) is 5.34. The zero-order valence-electron chi connectivity index (χ0n) is 11.1. The van der Waals surface area contributed by atoms with Gasteiger partial charge < -0.3 is 0 Å². The van der Waals surface area contributed by atoms with E-state index in [1.165, 1.54) is 30.5 Å². The van der Waals surface area contributed by atoms with Crippen molar-refractivity contribution in [1.29, 1.82) is 0 Å². The van der Waals surface area contributed by atoms with Crippen LogP contribution in [-0.2, 0) is 10.0 Å². The van der Waals surface area contributed by atoms with Crippen molar-refractivity contribution in [2.24, 2.45) is 0 Å². The highest BCUT2D eigenvalue weighted by Crippen LogP contribution is 2.28. The minimum Gasteiger partial charge on any atom is -0.277 e. The molecule has 22 heavy (non-hydrogen) atoms. The first-order valence-corrected chi connectivity index (χ1v) is 7.78. The van der Waals surface area contributed by atoms with Crippen LogP contribution in [0.4, 0.5) is 14.5 Å². The summed E-state index contributed by atoms with van der Waals surface area (Å²) in [5, 5.41) is -0.0896. The van der Waals surface area contributed by atoms with Gasteiger partial charge in [-0.05, 0) is 24.3 Å². The smallest absolute Gasteiger partial charge is 0.261 e. The van der Waals surface area contributed by atoms with Crippen molar-refractivity contribution in [2.45, 2.75) is 4.90 Å². The maximum absolute atomic E-state index is 13.7. The average molecular weight is 320 g/mol. The predicted octanol–water partition coefficient (Wildman–Crippen LogP) is 3.31. The highest BCUT2D eigenvalue weighted by atomic mass is 32.2. The van der Waals surface area contributed by atoms with Crippen molar-refractivity contribution in [1.82, 2.24) is 4.98 Å². The summed E-state index contributed by atoms with van der Waals surface area (Å²) in [6.45, 7) is 0. The van der Waals surface area contributed by atoms with E-state index >= 15 is 0 Å². The highest BCUT2D eigenvalue weighted by molar-refractivity contribution is 7.92. The molecule has 0 fully saturated rings. The molecule has 3 rings (SSSR count). The van der Waals surface area contributed by atoms with Crippen LogP contribution in [0.1, 0.15) is 0 Å². The minimum atomic E-state index is -3.91. The molecule has 1 aromatic heterocycles. The largest absolute Gasteiger partial charge is 0.277 e. The number of benzene rings is 2. The lowest BCUT2D eigenvalue weighted by atomic mass is 10.2. The maximum atomic E-state index is 13.7. The van der Waals surface area contributed by atoms with E-state index in [9.17, 15) is 17.2 Å². The van der Waals surface area contributed by atoms with Gasteiger partial charge in [0.05, 0.1) is 16.1 Å². The van der Waals surface area contributed by atoms with E-state index in [1.807, 2.05) is 0 Å². The van der Waals surface area contributed by atoms with Crippen LogP contribution in [-0.4, -0.2) is 13.4 Å². The van der Waals surface area contributed by atoms with Crippen LogP contribution in [0.25, 0.3) is 10.9 Å². The number of hydrogen-bond donors (Lipinski definition) is 1. The van der Waals surface area contributed by atoms with Gasteiger partial charge in [0.2, 0.25) is 0 Å². The zero-order valence-corrected chi connectivity index (χ0v) is 11.9. The first-order chi connectivity index (χ1) is 10.5. The third-order valence-electron chi connectivity index (χ3n) is 3.08. The number of pyridine rings is 1. The Morgan fingerprint density at radius 3 is 2.45 bits per heavy atom. The summed E-state index contributed by atoms with van der Waals surface area (Å²) in [7, 11) is -3.91. The Kier molecular flexibility index (Phi) is 3.50. The second-order valence-corrected chi connectivity index (χ2v) is 6.22. The summed E-state index contributed by atoms with van der Waals surface area (Å²) < 4.78 is 54.2. The van der Waals surface area contributed by atoms with Crippen molar-refractivity contribution < 1.29 is 17.2 Å². The molecule has 2 aromatic carbocycles. The van der Waals surface area contributed by atoms with Crippen molar-refractivity contribution in [3.05, 3.63) is 66.4 Å². The highest BCUT2D eigenvalue weighted by Gasteiger charge is 2.19. The molecule has 0 aliphatic carbocycles. The predicted molar refractivity (Wildman–Crippen MR) is 78.9 cm³/mol. The molecule has 1 heterocycles. The summed E-state index contributed by atoms with van der Waals surface area (Å²) in [6, 6.07) is 11.2. The number of anilines is 1. The Morgan fingerprint density at radius 1 is 1.00 bits per heavy atom. The monoisotopic (exact) mass is 320 g/mol. The topological polar surface area (TPSA) is 59.1 Å². The number of nitrogens with one attached hydrogen (secondary N) is 1. The fourth-order valence-electron chi connectivity index (χ4n) is 2.07. The van der Waals surface area contributed by atoms with Crippen LogP contribution < -0.4 is 4.72 Å². The van der Waals surface area contributed by atoms with Crippen molar-refractivity contribution >= 4 is 26.6 Å². The van der Waals surface area contributed by atoms with Crippen LogP contribution in [0, 0.1) is 11.6 Å². The van der Waals surface area contributed by atoms with Gasteiger partial charge >= 0.3 is 0 Å². The summed E-state index contributed by atoms with van der Waals surface area (Å²) in [6.07, 6.45) is 1.37. The maximum Gasteiger partial charge on any atom is 0.261 e. The number of aromatic nitrogens is 1. The molecule has 1 N–H and O–H groups in total. The normalized spacial score (nSPS) is 11.5. The van der Waals surface area contributed by atoms with Crippen molar-refractivity contribution in [2.75, 3.05) is 4.72 Å². The SMILES string of the molecule is O=S(=O)(Nc1cc(F)c(F)c2cccnc12)c1ccccc1. The minimum absolute atomic E-state index is 0.0174. The van der Waals surface area contributed by atoms with E-state index < -0.39 is 21.7 Å². The van der Waals surface area contributed by atoms with Gasteiger partial charge in [-0.25, -0.2) is 17.2 Å². The summed E-state index contributed by atoms with van der Waals surface area (Å²) in [4.78, 5) is 3.94. The molecule has 0 aliphatic heterocycles. The molecular weight excluding hydrogens is 310 g/mol. The number of halogens is 2. The Labute approximate surface area is 125 Å². The first kappa shape index (κ1) is 14.4. The molecule has 0 amide bonds. The quantitative estimate of drug-likeness (QED) is 0.805.